The molecular formula is C19H25NO2. The monoisotopic (exact) mass is 299 g/mol. The van der Waals surface area contributed by atoms with Crippen molar-refractivity contribution >= 4 is 0 Å². The zero-order valence-electron chi connectivity index (χ0n) is 13.6. The minimum absolute atomic E-state index is 0.479. The minimum Gasteiger partial charge on any atom is -0.490 e. The van der Waals surface area contributed by atoms with Crippen LogP contribution in [0.1, 0.15) is 36.5 Å². The van der Waals surface area contributed by atoms with Crippen LogP contribution in [0, 0.1) is 6.92 Å². The first-order valence-electron chi connectivity index (χ1n) is 7.76. The molecule has 0 unspecified atom stereocenters. The van der Waals surface area contributed by atoms with E-state index in [4.69, 9.17) is 15.2 Å². The van der Waals surface area contributed by atoms with Gasteiger partial charge in [-0.2, -0.15) is 0 Å². The van der Waals surface area contributed by atoms with Gasteiger partial charge in [0.15, 0.2) is 0 Å². The number of hydrogen-bond donors (Lipinski definition) is 1. The summed E-state index contributed by atoms with van der Waals surface area (Å²) in [6, 6.07) is 14.1. The van der Waals surface area contributed by atoms with Crippen LogP contribution in [0.5, 0.6) is 11.5 Å². The highest BCUT2D eigenvalue weighted by Gasteiger charge is 2.05. The summed E-state index contributed by atoms with van der Waals surface area (Å²) in [5.74, 6) is 2.25. The van der Waals surface area contributed by atoms with Crippen molar-refractivity contribution in [3.63, 3.8) is 0 Å². The quantitative estimate of drug-likeness (QED) is 0.785. The van der Waals surface area contributed by atoms with Crippen LogP contribution in [0.3, 0.4) is 0 Å². The van der Waals surface area contributed by atoms with Gasteiger partial charge in [-0.05, 0) is 42.2 Å². The van der Waals surface area contributed by atoms with E-state index < -0.39 is 0 Å². The van der Waals surface area contributed by atoms with Crippen molar-refractivity contribution in [2.24, 2.45) is 5.73 Å². The van der Waals surface area contributed by atoms with E-state index >= 15 is 0 Å². The Bertz CT molecular complexity index is 608. The van der Waals surface area contributed by atoms with Crippen LogP contribution < -0.4 is 15.2 Å². The van der Waals surface area contributed by atoms with Gasteiger partial charge in [-0.15, -0.1) is 0 Å². The molecule has 0 aromatic heterocycles. The molecule has 3 heteroatoms. The third kappa shape index (κ3) is 4.25. The molecule has 3 nitrogen and oxygen atoms in total. The molecule has 0 fully saturated rings. The zero-order valence-corrected chi connectivity index (χ0v) is 13.6. The molecule has 0 radical (unpaired) electrons. The van der Waals surface area contributed by atoms with Gasteiger partial charge >= 0.3 is 0 Å². The summed E-state index contributed by atoms with van der Waals surface area (Å²) in [6.07, 6.45) is 0. The molecule has 0 aliphatic heterocycles. The molecule has 2 N–H and O–H groups in total. The predicted octanol–water partition coefficient (Wildman–Crippen LogP) is 4.03. The van der Waals surface area contributed by atoms with Crippen LogP contribution in [-0.2, 0) is 6.54 Å². The molecule has 2 rings (SSSR count). The summed E-state index contributed by atoms with van der Waals surface area (Å²) >= 11 is 0. The van der Waals surface area contributed by atoms with Crippen LogP contribution in [0.25, 0.3) is 0 Å². The number of aryl methyl sites for hydroxylation is 1. The van der Waals surface area contributed by atoms with Gasteiger partial charge in [0, 0.05) is 12.1 Å². The fourth-order valence-corrected chi connectivity index (χ4v) is 2.51. The lowest BCUT2D eigenvalue weighted by Crippen LogP contribution is -2.11. The maximum absolute atomic E-state index is 5.76. The molecule has 22 heavy (non-hydrogen) atoms. The normalized spacial score (nSPS) is 10.8. The Hall–Kier alpha value is -2.00. The first-order valence-corrected chi connectivity index (χ1v) is 7.76. The molecule has 2 aromatic carbocycles. The van der Waals surface area contributed by atoms with E-state index in [0.717, 1.165) is 17.1 Å². The number of rotatable bonds is 7. The van der Waals surface area contributed by atoms with Gasteiger partial charge in [0.05, 0.1) is 0 Å². The topological polar surface area (TPSA) is 44.5 Å². The van der Waals surface area contributed by atoms with Gasteiger partial charge in [-0.3, -0.25) is 0 Å². The van der Waals surface area contributed by atoms with Gasteiger partial charge in [-0.25, -0.2) is 0 Å². The Morgan fingerprint density at radius 2 is 1.73 bits per heavy atom. The molecular weight excluding hydrogens is 274 g/mol. The van der Waals surface area contributed by atoms with Crippen molar-refractivity contribution in [2.75, 3.05) is 13.2 Å². The summed E-state index contributed by atoms with van der Waals surface area (Å²) in [6.45, 7) is 8.02. The third-order valence-corrected chi connectivity index (χ3v) is 3.67. The van der Waals surface area contributed by atoms with E-state index in [1.807, 2.05) is 30.3 Å². The molecule has 0 saturated carbocycles. The van der Waals surface area contributed by atoms with E-state index in [2.05, 4.69) is 32.9 Å². The summed E-state index contributed by atoms with van der Waals surface area (Å²) < 4.78 is 11.5. The van der Waals surface area contributed by atoms with Crippen LogP contribution in [0.4, 0.5) is 0 Å². The molecule has 0 saturated heterocycles. The molecule has 0 atom stereocenters. The van der Waals surface area contributed by atoms with Gasteiger partial charge in [0.25, 0.3) is 0 Å². The molecule has 118 valence electrons. The first-order chi connectivity index (χ1) is 10.6. The summed E-state index contributed by atoms with van der Waals surface area (Å²) in [4.78, 5) is 0. The van der Waals surface area contributed by atoms with Crippen molar-refractivity contribution in [1.29, 1.82) is 0 Å². The SMILES string of the molecule is Cc1cc(OCCOc2ccccc2CN)ccc1C(C)C. The average Bonchev–Trinajstić information content (AvgIpc) is 2.51. The Labute approximate surface area is 133 Å². The van der Waals surface area contributed by atoms with E-state index in [1.54, 1.807) is 0 Å². The minimum atomic E-state index is 0.479. The van der Waals surface area contributed by atoms with E-state index in [0.29, 0.717) is 25.7 Å². The molecule has 0 aliphatic carbocycles. The van der Waals surface area contributed by atoms with E-state index in [9.17, 15) is 0 Å². The summed E-state index contributed by atoms with van der Waals surface area (Å²) in [7, 11) is 0. The summed E-state index contributed by atoms with van der Waals surface area (Å²) in [5, 5.41) is 0. The third-order valence-electron chi connectivity index (χ3n) is 3.67. The van der Waals surface area contributed by atoms with Gasteiger partial charge in [0.1, 0.15) is 24.7 Å². The maximum atomic E-state index is 5.76. The predicted molar refractivity (Wildman–Crippen MR) is 90.6 cm³/mol. The second kappa shape index (κ2) is 7.85. The second-order valence-electron chi connectivity index (χ2n) is 5.68. The zero-order chi connectivity index (χ0) is 15.9. The Balaban J connectivity index is 1.85. The van der Waals surface area contributed by atoms with Crippen molar-refractivity contribution in [3.05, 3.63) is 59.2 Å². The van der Waals surface area contributed by atoms with Crippen LogP contribution in [0.2, 0.25) is 0 Å². The van der Waals surface area contributed by atoms with Crippen molar-refractivity contribution < 1.29 is 9.47 Å². The second-order valence-corrected chi connectivity index (χ2v) is 5.68. The highest BCUT2D eigenvalue weighted by atomic mass is 16.5. The number of hydrogen-bond acceptors (Lipinski definition) is 3. The van der Waals surface area contributed by atoms with Gasteiger partial charge < -0.3 is 15.2 Å². The van der Waals surface area contributed by atoms with Crippen molar-refractivity contribution in [2.45, 2.75) is 33.2 Å². The lowest BCUT2D eigenvalue weighted by molar-refractivity contribution is 0.216. The van der Waals surface area contributed by atoms with Crippen LogP contribution in [0.15, 0.2) is 42.5 Å². The van der Waals surface area contributed by atoms with Crippen LogP contribution in [-0.4, -0.2) is 13.2 Å². The first kappa shape index (κ1) is 16.4. The number of ether oxygens (including phenoxy) is 2. The molecule has 0 amide bonds. The average molecular weight is 299 g/mol. The highest BCUT2D eigenvalue weighted by Crippen LogP contribution is 2.23. The smallest absolute Gasteiger partial charge is 0.123 e. The lowest BCUT2D eigenvalue weighted by Gasteiger charge is -2.13. The molecule has 0 aliphatic rings. The summed E-state index contributed by atoms with van der Waals surface area (Å²) in [5.41, 5.74) is 9.33. The number of nitrogens with two attached hydrogens (primary N) is 1. The van der Waals surface area contributed by atoms with Crippen molar-refractivity contribution in [1.82, 2.24) is 0 Å². The molecule has 0 heterocycles. The van der Waals surface area contributed by atoms with E-state index in [1.165, 1.54) is 11.1 Å². The Kier molecular flexibility index (Phi) is 5.84. The Morgan fingerprint density at radius 3 is 2.41 bits per heavy atom. The van der Waals surface area contributed by atoms with Gasteiger partial charge in [0.2, 0.25) is 0 Å². The van der Waals surface area contributed by atoms with E-state index in [-0.39, 0.29) is 0 Å². The van der Waals surface area contributed by atoms with Crippen LogP contribution >= 0.6 is 0 Å². The maximum Gasteiger partial charge on any atom is 0.123 e. The standard InChI is InChI=1S/C19H25NO2/c1-14(2)18-9-8-17(12-15(18)3)21-10-11-22-19-7-5-4-6-16(19)13-20/h4-9,12,14H,10-11,13,20H2,1-3H3. The highest BCUT2D eigenvalue weighted by molar-refractivity contribution is 5.36. The fraction of sp³-hybridized carbons (Fsp3) is 0.368. The molecule has 0 spiro atoms. The van der Waals surface area contributed by atoms with Crippen molar-refractivity contribution in [3.8, 4) is 11.5 Å². The molecule has 0 bridgehead atoms. The Morgan fingerprint density at radius 1 is 1.00 bits per heavy atom. The lowest BCUT2D eigenvalue weighted by atomic mass is 9.98. The van der Waals surface area contributed by atoms with Gasteiger partial charge in [-0.1, -0.05) is 38.1 Å². The molecule has 2 aromatic rings. The number of para-hydroxylation sites is 1. The fourth-order valence-electron chi connectivity index (χ4n) is 2.51. The number of benzene rings is 2. The largest absolute Gasteiger partial charge is 0.490 e.